The minimum Gasteiger partial charge on any atom is -0.343 e. The van der Waals surface area contributed by atoms with Crippen molar-refractivity contribution < 1.29 is 4.79 Å². The van der Waals surface area contributed by atoms with E-state index in [1.807, 2.05) is 48.5 Å². The third kappa shape index (κ3) is 2.02. The third-order valence-electron chi connectivity index (χ3n) is 5.19. The van der Waals surface area contributed by atoms with Gasteiger partial charge in [-0.05, 0) is 17.5 Å². The second-order valence-electron chi connectivity index (χ2n) is 6.64. The molecule has 0 aliphatic rings. The summed E-state index contributed by atoms with van der Waals surface area (Å²) in [5.41, 5.74) is 3.83. The number of carbonyl (C=O) groups is 1. The summed E-state index contributed by atoms with van der Waals surface area (Å²) in [4.78, 5) is 13.2. The number of rotatable bonds is 2. The number of carbonyl (C=O) groups excluding carboxylic acids is 1. The molecular weight excluding hydrogens is 318 g/mol. The van der Waals surface area contributed by atoms with E-state index in [2.05, 4.69) is 48.0 Å². The maximum absolute atomic E-state index is 13.2. The molecule has 0 unspecified atom stereocenters. The molecule has 0 amide bonds. The molecule has 4 aromatic carbocycles. The predicted octanol–water partition coefficient (Wildman–Crippen LogP) is 5.72. The Hall–Kier alpha value is -3.39. The van der Waals surface area contributed by atoms with Gasteiger partial charge in [0.1, 0.15) is 0 Å². The van der Waals surface area contributed by atoms with Crippen LogP contribution < -0.4 is 0 Å². The number of aromatic nitrogens is 1. The van der Waals surface area contributed by atoms with Gasteiger partial charge in [-0.1, -0.05) is 72.8 Å². The maximum atomic E-state index is 13.2. The zero-order chi connectivity index (χ0) is 17.7. The summed E-state index contributed by atoms with van der Waals surface area (Å²) in [6, 6.07) is 28.1. The Kier molecular flexibility index (Phi) is 3.19. The van der Waals surface area contributed by atoms with Crippen molar-refractivity contribution in [1.82, 2.24) is 4.57 Å². The van der Waals surface area contributed by atoms with Gasteiger partial charge < -0.3 is 4.57 Å². The van der Waals surface area contributed by atoms with Crippen LogP contribution in [0, 0.1) is 0 Å². The van der Waals surface area contributed by atoms with Gasteiger partial charge in [0.2, 0.25) is 0 Å². The fourth-order valence-corrected chi connectivity index (χ4v) is 3.97. The van der Waals surface area contributed by atoms with Crippen LogP contribution in [0.25, 0.3) is 32.6 Å². The number of benzene rings is 4. The molecule has 124 valence electrons. The summed E-state index contributed by atoms with van der Waals surface area (Å²) in [6.07, 6.45) is 0. The standard InChI is InChI=1S/C24H17NO/c1-25-22-14-8-7-12-18(22)20-15-21(24(26)16-9-3-2-4-10-16)17-11-5-6-13-19(17)23(20)25/h2-15H,1H3. The molecule has 0 spiro atoms. The van der Waals surface area contributed by atoms with E-state index in [0.717, 1.165) is 27.3 Å². The molecule has 0 atom stereocenters. The minimum absolute atomic E-state index is 0.0663. The Morgan fingerprint density at radius 1 is 0.692 bits per heavy atom. The summed E-state index contributed by atoms with van der Waals surface area (Å²) in [6.45, 7) is 0. The summed E-state index contributed by atoms with van der Waals surface area (Å²) in [5, 5.41) is 4.42. The molecule has 0 aliphatic heterocycles. The van der Waals surface area contributed by atoms with Crippen molar-refractivity contribution in [3.8, 4) is 0 Å². The molecule has 0 bridgehead atoms. The molecule has 2 heteroatoms. The van der Waals surface area contributed by atoms with Crippen LogP contribution in [0.5, 0.6) is 0 Å². The number of ketones is 1. The molecule has 0 fully saturated rings. The van der Waals surface area contributed by atoms with Crippen LogP contribution in [0.4, 0.5) is 0 Å². The van der Waals surface area contributed by atoms with Crippen molar-refractivity contribution in [3.63, 3.8) is 0 Å². The van der Waals surface area contributed by atoms with E-state index in [9.17, 15) is 4.79 Å². The summed E-state index contributed by atoms with van der Waals surface area (Å²) < 4.78 is 2.23. The monoisotopic (exact) mass is 335 g/mol. The fourth-order valence-electron chi connectivity index (χ4n) is 3.97. The lowest BCUT2D eigenvalue weighted by molar-refractivity contribution is 0.104. The average molecular weight is 335 g/mol. The van der Waals surface area contributed by atoms with Crippen LogP contribution in [0.15, 0.2) is 84.9 Å². The van der Waals surface area contributed by atoms with Crippen molar-refractivity contribution in [3.05, 3.63) is 96.1 Å². The third-order valence-corrected chi connectivity index (χ3v) is 5.19. The molecule has 5 rings (SSSR count). The molecule has 5 aromatic rings. The number of fused-ring (bicyclic) bond motifs is 5. The fraction of sp³-hybridized carbons (Fsp3) is 0.0417. The molecular formula is C24H17NO. The van der Waals surface area contributed by atoms with Gasteiger partial charge in [-0.15, -0.1) is 0 Å². The molecule has 0 N–H and O–H groups in total. The van der Waals surface area contributed by atoms with Gasteiger partial charge in [-0.25, -0.2) is 0 Å². The second kappa shape index (κ2) is 5.57. The lowest BCUT2D eigenvalue weighted by Gasteiger charge is -2.09. The van der Waals surface area contributed by atoms with E-state index in [4.69, 9.17) is 0 Å². The molecule has 0 aliphatic carbocycles. The van der Waals surface area contributed by atoms with Crippen molar-refractivity contribution >= 4 is 38.4 Å². The maximum Gasteiger partial charge on any atom is 0.193 e. The first kappa shape index (κ1) is 14.9. The smallest absolute Gasteiger partial charge is 0.193 e. The van der Waals surface area contributed by atoms with E-state index >= 15 is 0 Å². The first-order chi connectivity index (χ1) is 12.8. The number of para-hydroxylation sites is 1. The lowest BCUT2D eigenvalue weighted by atomic mass is 9.94. The zero-order valence-corrected chi connectivity index (χ0v) is 14.4. The van der Waals surface area contributed by atoms with Crippen LogP contribution >= 0.6 is 0 Å². The number of aryl methyl sites for hydroxylation is 1. The highest BCUT2D eigenvalue weighted by Gasteiger charge is 2.18. The number of hydrogen-bond acceptors (Lipinski definition) is 1. The van der Waals surface area contributed by atoms with Crippen molar-refractivity contribution in [1.29, 1.82) is 0 Å². The van der Waals surface area contributed by atoms with E-state index in [0.29, 0.717) is 0 Å². The Balaban J connectivity index is 1.95. The van der Waals surface area contributed by atoms with E-state index in [1.54, 1.807) is 0 Å². The highest BCUT2D eigenvalue weighted by atomic mass is 16.1. The van der Waals surface area contributed by atoms with E-state index < -0.39 is 0 Å². The van der Waals surface area contributed by atoms with Gasteiger partial charge in [-0.3, -0.25) is 4.79 Å². The van der Waals surface area contributed by atoms with Gasteiger partial charge in [0, 0.05) is 39.8 Å². The molecule has 1 aromatic heterocycles. The highest BCUT2D eigenvalue weighted by molar-refractivity contribution is 6.25. The molecule has 2 nitrogen and oxygen atoms in total. The summed E-state index contributed by atoms with van der Waals surface area (Å²) in [5.74, 6) is 0.0663. The van der Waals surface area contributed by atoms with Gasteiger partial charge in [0.15, 0.2) is 5.78 Å². The predicted molar refractivity (Wildman–Crippen MR) is 108 cm³/mol. The van der Waals surface area contributed by atoms with Crippen LogP contribution in [-0.4, -0.2) is 10.4 Å². The van der Waals surface area contributed by atoms with Crippen molar-refractivity contribution in [2.75, 3.05) is 0 Å². The molecule has 26 heavy (non-hydrogen) atoms. The lowest BCUT2D eigenvalue weighted by Crippen LogP contribution is -2.02. The minimum atomic E-state index is 0.0663. The van der Waals surface area contributed by atoms with Gasteiger partial charge in [0.05, 0.1) is 5.52 Å². The van der Waals surface area contributed by atoms with Crippen LogP contribution in [-0.2, 0) is 7.05 Å². The van der Waals surface area contributed by atoms with Gasteiger partial charge in [-0.2, -0.15) is 0 Å². The average Bonchev–Trinajstić information content (AvgIpc) is 3.00. The van der Waals surface area contributed by atoms with E-state index in [-0.39, 0.29) is 5.78 Å². The Morgan fingerprint density at radius 2 is 1.31 bits per heavy atom. The second-order valence-corrected chi connectivity index (χ2v) is 6.64. The quantitative estimate of drug-likeness (QED) is 0.378. The Morgan fingerprint density at radius 3 is 2.08 bits per heavy atom. The number of nitrogens with zero attached hydrogens (tertiary/aromatic N) is 1. The normalized spacial score (nSPS) is 11.4. The molecule has 0 saturated carbocycles. The Bertz CT molecular complexity index is 1300. The Labute approximate surface area is 151 Å². The summed E-state index contributed by atoms with van der Waals surface area (Å²) in [7, 11) is 2.09. The molecule has 1 heterocycles. The first-order valence-electron chi connectivity index (χ1n) is 8.74. The molecule has 0 radical (unpaired) electrons. The van der Waals surface area contributed by atoms with Crippen LogP contribution in [0.1, 0.15) is 15.9 Å². The SMILES string of the molecule is Cn1c2ccccc2c2cc(C(=O)c3ccccc3)c3ccccc3c21. The van der Waals surface area contributed by atoms with Gasteiger partial charge >= 0.3 is 0 Å². The number of hydrogen-bond donors (Lipinski definition) is 0. The van der Waals surface area contributed by atoms with E-state index in [1.165, 1.54) is 16.4 Å². The molecule has 0 saturated heterocycles. The topological polar surface area (TPSA) is 22.0 Å². The highest BCUT2D eigenvalue weighted by Crippen LogP contribution is 2.36. The first-order valence-corrected chi connectivity index (χ1v) is 8.74. The van der Waals surface area contributed by atoms with Crippen molar-refractivity contribution in [2.24, 2.45) is 7.05 Å². The largest absolute Gasteiger partial charge is 0.343 e. The van der Waals surface area contributed by atoms with Crippen molar-refractivity contribution in [2.45, 2.75) is 0 Å². The van der Waals surface area contributed by atoms with Crippen LogP contribution in [0.3, 0.4) is 0 Å². The zero-order valence-electron chi connectivity index (χ0n) is 14.4. The van der Waals surface area contributed by atoms with Crippen LogP contribution in [0.2, 0.25) is 0 Å². The van der Waals surface area contributed by atoms with Gasteiger partial charge in [0.25, 0.3) is 0 Å². The summed E-state index contributed by atoms with van der Waals surface area (Å²) >= 11 is 0.